The Labute approximate surface area is 168 Å². The van der Waals surface area contributed by atoms with E-state index in [1.54, 1.807) is 11.0 Å². The molecule has 0 bridgehead atoms. The number of hydrogen-bond acceptors (Lipinski definition) is 6. The molecule has 0 radical (unpaired) electrons. The number of benzene rings is 1. The smallest absolute Gasteiger partial charge is 0.315 e. The van der Waals surface area contributed by atoms with Gasteiger partial charge in [-0.3, -0.25) is 14.4 Å². The average molecular weight is 396 g/mol. The van der Waals surface area contributed by atoms with E-state index in [1.165, 1.54) is 6.92 Å². The number of carbonyl (C=O) groups is 3. The highest BCUT2D eigenvalue weighted by Gasteiger charge is 2.25. The summed E-state index contributed by atoms with van der Waals surface area (Å²) < 4.78 is 0. The number of anilines is 2. The Balaban J connectivity index is 1.77. The Kier molecular flexibility index (Phi) is 6.72. The molecule has 0 spiro atoms. The van der Waals surface area contributed by atoms with E-state index in [0.29, 0.717) is 37.8 Å². The molecule has 0 aliphatic carbocycles. The van der Waals surface area contributed by atoms with E-state index in [-0.39, 0.29) is 11.7 Å². The van der Waals surface area contributed by atoms with Crippen molar-refractivity contribution >= 4 is 29.4 Å². The van der Waals surface area contributed by atoms with Crippen molar-refractivity contribution in [1.82, 2.24) is 20.2 Å². The number of likely N-dealkylation sites (tertiary alicyclic amines) is 1. The molecule has 0 saturated carbocycles. The maximum absolute atomic E-state index is 12.4. The van der Waals surface area contributed by atoms with E-state index in [1.807, 2.05) is 30.3 Å². The van der Waals surface area contributed by atoms with Crippen molar-refractivity contribution in [2.75, 3.05) is 36.8 Å². The van der Waals surface area contributed by atoms with Crippen LogP contribution in [0.25, 0.3) is 11.4 Å². The van der Waals surface area contributed by atoms with Gasteiger partial charge in [0.25, 0.3) is 0 Å². The molecule has 3 rings (SSSR count). The Hall–Kier alpha value is -3.49. The van der Waals surface area contributed by atoms with Crippen molar-refractivity contribution in [1.29, 1.82) is 0 Å². The van der Waals surface area contributed by atoms with E-state index in [2.05, 4.69) is 25.9 Å². The monoisotopic (exact) mass is 396 g/mol. The van der Waals surface area contributed by atoms with Crippen LogP contribution in [0.1, 0.15) is 19.8 Å². The number of hydrogen-bond donors (Lipinski definition) is 3. The lowest BCUT2D eigenvalue weighted by molar-refractivity contribution is -0.142. The number of nitrogens with zero attached hydrogens (tertiary/aromatic N) is 3. The van der Waals surface area contributed by atoms with Gasteiger partial charge in [-0.1, -0.05) is 30.3 Å². The molecule has 1 aliphatic rings. The van der Waals surface area contributed by atoms with Crippen molar-refractivity contribution in [2.45, 2.75) is 19.8 Å². The zero-order valence-corrected chi connectivity index (χ0v) is 16.3. The molecule has 9 nitrogen and oxygen atoms in total. The van der Waals surface area contributed by atoms with Gasteiger partial charge in [0.2, 0.25) is 5.91 Å². The normalized spacial score (nSPS) is 13.1. The maximum Gasteiger partial charge on any atom is 0.315 e. The first-order chi connectivity index (χ1) is 14.0. The van der Waals surface area contributed by atoms with Gasteiger partial charge in [-0.05, 0) is 12.8 Å². The highest BCUT2D eigenvalue weighted by atomic mass is 16.2. The summed E-state index contributed by atoms with van der Waals surface area (Å²) in [7, 11) is 0. The second-order valence-electron chi connectivity index (χ2n) is 6.69. The summed E-state index contributed by atoms with van der Waals surface area (Å²) in [5, 5.41) is 8.37. The molecule has 0 unspecified atom stereocenters. The fraction of sp³-hybridized carbons (Fsp3) is 0.350. The van der Waals surface area contributed by atoms with Crippen molar-refractivity contribution < 1.29 is 14.4 Å². The second kappa shape index (κ2) is 9.63. The third-order valence-corrected chi connectivity index (χ3v) is 4.39. The molecule has 1 fully saturated rings. The zero-order chi connectivity index (χ0) is 20.6. The highest BCUT2D eigenvalue weighted by Crippen LogP contribution is 2.20. The van der Waals surface area contributed by atoms with Gasteiger partial charge in [0.15, 0.2) is 5.82 Å². The molecule has 3 N–H and O–H groups in total. The summed E-state index contributed by atoms with van der Waals surface area (Å²) in [5.41, 5.74) is 0.777. The topological polar surface area (TPSA) is 116 Å². The van der Waals surface area contributed by atoms with Crippen LogP contribution in [0.5, 0.6) is 0 Å². The first kappa shape index (κ1) is 20.2. The molecular weight excluding hydrogens is 372 g/mol. The average Bonchev–Trinajstić information content (AvgIpc) is 3.26. The minimum Gasteiger partial charge on any atom is -0.368 e. The van der Waals surface area contributed by atoms with Crippen LogP contribution in [0.3, 0.4) is 0 Å². The second-order valence-corrected chi connectivity index (χ2v) is 6.69. The quantitative estimate of drug-likeness (QED) is 0.500. The van der Waals surface area contributed by atoms with Crippen LogP contribution in [-0.2, 0) is 14.4 Å². The standard InChI is InChI=1S/C20H24N6O3/c1-14(27)21-9-10-22-16-13-17(24-18(23-16)15-7-3-2-4-8-15)25-19(28)20(29)26-11-5-6-12-26/h2-4,7-8,13H,5-6,9-12H2,1H3,(H,21,27)(H2,22,23,24,25,28). The van der Waals surface area contributed by atoms with Crippen LogP contribution < -0.4 is 16.0 Å². The van der Waals surface area contributed by atoms with E-state index in [9.17, 15) is 14.4 Å². The van der Waals surface area contributed by atoms with Crippen LogP contribution >= 0.6 is 0 Å². The summed E-state index contributed by atoms with van der Waals surface area (Å²) in [4.78, 5) is 46.0. The van der Waals surface area contributed by atoms with Crippen LogP contribution in [-0.4, -0.2) is 58.8 Å². The Morgan fingerprint density at radius 2 is 1.69 bits per heavy atom. The molecule has 152 valence electrons. The van der Waals surface area contributed by atoms with Crippen LogP contribution in [0.4, 0.5) is 11.6 Å². The molecule has 2 heterocycles. The molecule has 1 saturated heterocycles. The molecule has 29 heavy (non-hydrogen) atoms. The van der Waals surface area contributed by atoms with Gasteiger partial charge in [0.1, 0.15) is 11.6 Å². The van der Waals surface area contributed by atoms with E-state index < -0.39 is 11.8 Å². The van der Waals surface area contributed by atoms with Gasteiger partial charge < -0.3 is 20.9 Å². The van der Waals surface area contributed by atoms with Crippen molar-refractivity contribution in [3.05, 3.63) is 36.4 Å². The number of nitrogens with one attached hydrogen (secondary N) is 3. The van der Waals surface area contributed by atoms with E-state index in [4.69, 9.17) is 0 Å². The third kappa shape index (κ3) is 5.74. The Morgan fingerprint density at radius 1 is 1.00 bits per heavy atom. The lowest BCUT2D eigenvalue weighted by atomic mass is 10.2. The van der Waals surface area contributed by atoms with Gasteiger partial charge in [-0.15, -0.1) is 0 Å². The van der Waals surface area contributed by atoms with Gasteiger partial charge in [0, 0.05) is 44.7 Å². The largest absolute Gasteiger partial charge is 0.368 e. The van der Waals surface area contributed by atoms with Crippen molar-refractivity contribution in [3.63, 3.8) is 0 Å². The predicted molar refractivity (Wildman–Crippen MR) is 109 cm³/mol. The Bertz CT molecular complexity index is 881. The minimum absolute atomic E-state index is 0.118. The summed E-state index contributed by atoms with van der Waals surface area (Å²) in [5.74, 6) is -0.255. The fourth-order valence-corrected chi connectivity index (χ4v) is 2.98. The highest BCUT2D eigenvalue weighted by molar-refractivity contribution is 6.39. The van der Waals surface area contributed by atoms with Crippen molar-refractivity contribution in [2.24, 2.45) is 0 Å². The van der Waals surface area contributed by atoms with Gasteiger partial charge >= 0.3 is 11.8 Å². The third-order valence-electron chi connectivity index (χ3n) is 4.39. The van der Waals surface area contributed by atoms with Gasteiger partial charge in [-0.25, -0.2) is 9.97 Å². The number of amides is 3. The van der Waals surface area contributed by atoms with Crippen LogP contribution in [0.15, 0.2) is 36.4 Å². The number of rotatable bonds is 6. The molecule has 1 aliphatic heterocycles. The molecule has 0 atom stereocenters. The molecule has 9 heteroatoms. The SMILES string of the molecule is CC(=O)NCCNc1cc(NC(=O)C(=O)N2CCCC2)nc(-c2ccccc2)n1. The number of carbonyl (C=O) groups excluding carboxylic acids is 3. The van der Waals surface area contributed by atoms with Crippen LogP contribution in [0.2, 0.25) is 0 Å². The summed E-state index contributed by atoms with van der Waals surface area (Å²) >= 11 is 0. The molecule has 1 aromatic heterocycles. The molecule has 2 aromatic rings. The Morgan fingerprint density at radius 3 is 2.38 bits per heavy atom. The summed E-state index contributed by atoms with van der Waals surface area (Å²) in [6.07, 6.45) is 1.82. The maximum atomic E-state index is 12.4. The first-order valence-corrected chi connectivity index (χ1v) is 9.56. The summed E-state index contributed by atoms with van der Waals surface area (Å²) in [6.45, 7) is 3.52. The minimum atomic E-state index is -0.714. The van der Waals surface area contributed by atoms with Gasteiger partial charge in [0.05, 0.1) is 0 Å². The van der Waals surface area contributed by atoms with Crippen LogP contribution in [0, 0.1) is 0 Å². The lowest BCUT2D eigenvalue weighted by Gasteiger charge is -2.15. The molecule has 3 amide bonds. The van der Waals surface area contributed by atoms with E-state index >= 15 is 0 Å². The predicted octanol–water partition coefficient (Wildman–Crippen LogP) is 1.25. The fourth-order valence-electron chi connectivity index (χ4n) is 2.98. The molecular formula is C20H24N6O3. The molecule has 1 aromatic carbocycles. The first-order valence-electron chi connectivity index (χ1n) is 9.56. The van der Waals surface area contributed by atoms with Gasteiger partial charge in [-0.2, -0.15) is 0 Å². The zero-order valence-electron chi connectivity index (χ0n) is 16.3. The van der Waals surface area contributed by atoms with Crippen molar-refractivity contribution in [3.8, 4) is 11.4 Å². The van der Waals surface area contributed by atoms with E-state index in [0.717, 1.165) is 18.4 Å². The number of aromatic nitrogens is 2. The summed E-state index contributed by atoms with van der Waals surface area (Å²) in [6, 6.07) is 10.9. The lowest BCUT2D eigenvalue weighted by Crippen LogP contribution is -2.37.